The first-order valence-corrected chi connectivity index (χ1v) is 6.43. The minimum atomic E-state index is -1.06. The van der Waals surface area contributed by atoms with Crippen molar-refractivity contribution in [3.05, 3.63) is 36.0 Å². The number of nitrogens with one attached hydrogen (secondary N) is 2. The van der Waals surface area contributed by atoms with Gasteiger partial charge in [0.2, 0.25) is 5.91 Å². The van der Waals surface area contributed by atoms with Gasteiger partial charge in [0.1, 0.15) is 6.04 Å². The first-order valence-electron chi connectivity index (χ1n) is 5.80. The highest BCUT2D eigenvalue weighted by atomic mass is 32.1. The number of carboxylic acids is 1. The third-order valence-electron chi connectivity index (χ3n) is 2.88. The fourth-order valence-corrected chi connectivity index (χ4v) is 2.05. The minimum Gasteiger partial charge on any atom is -0.480 e. The molecule has 1 aromatic heterocycles. The van der Waals surface area contributed by atoms with Crippen molar-refractivity contribution < 1.29 is 14.7 Å². The predicted molar refractivity (Wildman–Crippen MR) is 75.4 cm³/mol. The Morgan fingerprint density at radius 3 is 2.79 bits per heavy atom. The Morgan fingerprint density at radius 2 is 2.11 bits per heavy atom. The van der Waals surface area contributed by atoms with Gasteiger partial charge < -0.3 is 15.4 Å². The van der Waals surface area contributed by atoms with Crippen LogP contribution in [0, 0.1) is 0 Å². The highest BCUT2D eigenvalue weighted by molar-refractivity contribution is 7.81. The highest BCUT2D eigenvalue weighted by Crippen LogP contribution is 2.19. The first-order chi connectivity index (χ1) is 9.11. The number of para-hydroxylation sites is 1. The molecule has 19 heavy (non-hydrogen) atoms. The van der Waals surface area contributed by atoms with Crippen molar-refractivity contribution in [3.63, 3.8) is 0 Å². The summed E-state index contributed by atoms with van der Waals surface area (Å²) in [6.45, 7) is 0. The van der Waals surface area contributed by atoms with Crippen LogP contribution in [0.25, 0.3) is 10.9 Å². The Morgan fingerprint density at radius 1 is 1.37 bits per heavy atom. The van der Waals surface area contributed by atoms with E-state index in [1.807, 2.05) is 24.3 Å². The number of rotatable bonds is 5. The minimum absolute atomic E-state index is 0.0301. The normalized spacial score (nSPS) is 12.3. The summed E-state index contributed by atoms with van der Waals surface area (Å²) < 4.78 is 0. The van der Waals surface area contributed by atoms with Crippen molar-refractivity contribution in [2.24, 2.45) is 0 Å². The maximum atomic E-state index is 11.3. The van der Waals surface area contributed by atoms with E-state index in [0.717, 1.165) is 16.5 Å². The number of aromatic nitrogens is 1. The topological polar surface area (TPSA) is 82.2 Å². The summed E-state index contributed by atoms with van der Waals surface area (Å²) in [5.41, 5.74) is 1.81. The average molecular weight is 278 g/mol. The lowest BCUT2D eigenvalue weighted by molar-refractivity contribution is -0.141. The first kappa shape index (κ1) is 13.5. The lowest BCUT2D eigenvalue weighted by Gasteiger charge is -2.13. The van der Waals surface area contributed by atoms with Crippen LogP contribution in [0.5, 0.6) is 0 Å². The van der Waals surface area contributed by atoms with Crippen LogP contribution < -0.4 is 5.32 Å². The van der Waals surface area contributed by atoms with E-state index < -0.39 is 17.9 Å². The monoisotopic (exact) mass is 278 g/mol. The number of hydrogen-bond donors (Lipinski definition) is 4. The van der Waals surface area contributed by atoms with Gasteiger partial charge in [-0.25, -0.2) is 4.79 Å². The summed E-state index contributed by atoms with van der Waals surface area (Å²) >= 11 is 3.82. The lowest BCUT2D eigenvalue weighted by atomic mass is 10.1. The van der Waals surface area contributed by atoms with E-state index in [4.69, 9.17) is 5.11 Å². The molecule has 3 N–H and O–H groups in total. The third-order valence-corrected chi connectivity index (χ3v) is 3.16. The molecule has 0 bridgehead atoms. The quantitative estimate of drug-likeness (QED) is 0.620. The van der Waals surface area contributed by atoms with Crippen LogP contribution in [0.4, 0.5) is 0 Å². The van der Waals surface area contributed by atoms with Gasteiger partial charge in [-0.05, 0) is 11.6 Å². The number of fused-ring (bicyclic) bond motifs is 1. The molecule has 5 nitrogen and oxygen atoms in total. The molecule has 0 saturated carbocycles. The van der Waals surface area contributed by atoms with E-state index in [1.54, 1.807) is 6.20 Å². The second-order valence-electron chi connectivity index (χ2n) is 4.18. The second-order valence-corrected chi connectivity index (χ2v) is 4.50. The fourth-order valence-electron chi connectivity index (χ4n) is 1.96. The van der Waals surface area contributed by atoms with Gasteiger partial charge in [-0.2, -0.15) is 12.6 Å². The summed E-state index contributed by atoms with van der Waals surface area (Å²) in [5.74, 6) is -1.48. The van der Waals surface area contributed by atoms with Crippen molar-refractivity contribution >= 4 is 35.4 Å². The molecule has 0 spiro atoms. The van der Waals surface area contributed by atoms with Crippen molar-refractivity contribution in [2.45, 2.75) is 12.5 Å². The molecule has 0 aliphatic carbocycles. The Labute approximate surface area is 115 Å². The summed E-state index contributed by atoms with van der Waals surface area (Å²) in [7, 11) is 0. The van der Waals surface area contributed by atoms with Gasteiger partial charge in [0.05, 0.1) is 5.75 Å². The summed E-state index contributed by atoms with van der Waals surface area (Å²) in [5, 5.41) is 12.5. The predicted octanol–water partition coefficient (Wildman–Crippen LogP) is 1.21. The van der Waals surface area contributed by atoms with Gasteiger partial charge in [-0.1, -0.05) is 18.2 Å². The summed E-state index contributed by atoms with van der Waals surface area (Å²) in [6.07, 6.45) is 2.01. The standard InChI is InChI=1S/C13H14N2O3S/c16-12(7-19)15-11(13(17)18)5-8-6-14-10-4-2-1-3-9(8)10/h1-4,6,11,14,19H,5,7H2,(H,15,16)(H,17,18)/t11-/m0/s1. The lowest BCUT2D eigenvalue weighted by Crippen LogP contribution is -2.42. The molecule has 0 fully saturated rings. The van der Waals surface area contributed by atoms with E-state index in [0.29, 0.717) is 0 Å². The Kier molecular flexibility index (Phi) is 4.11. The zero-order valence-corrected chi connectivity index (χ0v) is 11.0. The van der Waals surface area contributed by atoms with Crippen LogP contribution in [0.3, 0.4) is 0 Å². The third kappa shape index (κ3) is 3.08. The van der Waals surface area contributed by atoms with Gasteiger partial charge in [-0.15, -0.1) is 0 Å². The van der Waals surface area contributed by atoms with Crippen molar-refractivity contribution in [1.82, 2.24) is 10.3 Å². The molecule has 6 heteroatoms. The van der Waals surface area contributed by atoms with Gasteiger partial charge in [-0.3, -0.25) is 4.79 Å². The van der Waals surface area contributed by atoms with Crippen molar-refractivity contribution in [1.29, 1.82) is 0 Å². The number of benzene rings is 1. The zero-order chi connectivity index (χ0) is 13.8. The Hall–Kier alpha value is -1.95. The second kappa shape index (κ2) is 5.79. The molecule has 2 rings (SSSR count). The summed E-state index contributed by atoms with van der Waals surface area (Å²) in [6, 6.07) is 6.68. The summed E-state index contributed by atoms with van der Waals surface area (Å²) in [4.78, 5) is 25.5. The molecule has 1 amide bonds. The number of H-pyrrole nitrogens is 1. The SMILES string of the molecule is O=C(CS)N[C@@H](Cc1c[nH]c2ccccc12)C(=O)O. The van der Waals surface area contributed by atoms with E-state index in [-0.39, 0.29) is 12.2 Å². The van der Waals surface area contributed by atoms with Crippen LogP contribution in [-0.4, -0.2) is 33.8 Å². The van der Waals surface area contributed by atoms with E-state index >= 15 is 0 Å². The molecule has 1 heterocycles. The van der Waals surface area contributed by atoms with Crippen LogP contribution in [0.1, 0.15) is 5.56 Å². The molecule has 0 unspecified atom stereocenters. The fraction of sp³-hybridized carbons (Fsp3) is 0.231. The smallest absolute Gasteiger partial charge is 0.326 e. The molecular formula is C13H14N2O3S. The molecule has 0 saturated heterocycles. The highest BCUT2D eigenvalue weighted by Gasteiger charge is 2.21. The number of carboxylic acid groups (broad SMARTS) is 1. The largest absolute Gasteiger partial charge is 0.480 e. The number of amides is 1. The van der Waals surface area contributed by atoms with Gasteiger partial charge in [0.25, 0.3) is 0 Å². The van der Waals surface area contributed by atoms with Crippen molar-refractivity contribution in [2.75, 3.05) is 5.75 Å². The zero-order valence-electron chi connectivity index (χ0n) is 10.1. The van der Waals surface area contributed by atoms with Gasteiger partial charge in [0.15, 0.2) is 0 Å². The van der Waals surface area contributed by atoms with Crippen LogP contribution in [0.15, 0.2) is 30.5 Å². The molecule has 0 aliphatic rings. The number of carbonyl (C=O) groups excluding carboxylic acids is 1. The van der Waals surface area contributed by atoms with Crippen LogP contribution in [0.2, 0.25) is 0 Å². The maximum Gasteiger partial charge on any atom is 0.326 e. The average Bonchev–Trinajstić information content (AvgIpc) is 2.81. The molecule has 0 radical (unpaired) electrons. The van der Waals surface area contributed by atoms with E-state index in [2.05, 4.69) is 22.9 Å². The Bertz CT molecular complexity index is 609. The molecule has 100 valence electrons. The van der Waals surface area contributed by atoms with Gasteiger partial charge in [0, 0.05) is 23.5 Å². The maximum absolute atomic E-state index is 11.3. The van der Waals surface area contributed by atoms with E-state index in [9.17, 15) is 9.59 Å². The number of hydrogen-bond acceptors (Lipinski definition) is 3. The van der Waals surface area contributed by atoms with Crippen molar-refractivity contribution in [3.8, 4) is 0 Å². The van der Waals surface area contributed by atoms with Crippen LogP contribution >= 0.6 is 12.6 Å². The number of aliphatic carboxylic acids is 1. The molecule has 1 atom stereocenters. The molecule has 1 aromatic carbocycles. The number of aromatic amines is 1. The number of carbonyl (C=O) groups is 2. The van der Waals surface area contributed by atoms with Gasteiger partial charge >= 0.3 is 5.97 Å². The van der Waals surface area contributed by atoms with E-state index in [1.165, 1.54) is 0 Å². The Balaban J connectivity index is 2.21. The molecule has 2 aromatic rings. The van der Waals surface area contributed by atoms with Crippen LogP contribution in [-0.2, 0) is 16.0 Å². The molecule has 0 aliphatic heterocycles. The number of thiol groups is 1. The molecular weight excluding hydrogens is 264 g/mol.